The van der Waals surface area contributed by atoms with E-state index in [4.69, 9.17) is 39.2 Å². The molecule has 188 valence electrons. The summed E-state index contributed by atoms with van der Waals surface area (Å²) in [5.74, 6) is 0. The number of fused-ring (bicyclic) bond motifs is 7. The molecule has 0 unspecified atom stereocenters. The van der Waals surface area contributed by atoms with Crippen molar-refractivity contribution < 1.29 is 0 Å². The van der Waals surface area contributed by atoms with Gasteiger partial charge in [0.2, 0.25) is 0 Å². The van der Waals surface area contributed by atoms with Gasteiger partial charge in [-0.05, 0) is 34.9 Å². The lowest BCUT2D eigenvalue weighted by Gasteiger charge is -2.25. The minimum absolute atomic E-state index is 0.194. The molecule has 0 saturated heterocycles. The van der Waals surface area contributed by atoms with Crippen LogP contribution in [0, 0.1) is 0 Å². The third kappa shape index (κ3) is 3.67. The molecule has 8 rings (SSSR count). The quantitative estimate of drug-likeness (QED) is 0.335. The maximum Gasteiger partial charge on any atom is 0.113 e. The van der Waals surface area contributed by atoms with E-state index in [0.29, 0.717) is 16.5 Å². The lowest BCUT2D eigenvalue weighted by Crippen LogP contribution is -2.55. The predicted molar refractivity (Wildman–Crippen MR) is 188 cm³/mol. The second-order valence-corrected chi connectivity index (χ2v) is 10.9. The van der Waals surface area contributed by atoms with Gasteiger partial charge in [-0.15, -0.1) is 16.4 Å². The molecule has 0 atom stereocenters. The summed E-state index contributed by atoms with van der Waals surface area (Å²) in [4.78, 5) is 3.73. The molecule has 0 aliphatic carbocycles. The van der Waals surface area contributed by atoms with Crippen molar-refractivity contribution in [3.8, 4) is 27.9 Å². The van der Waals surface area contributed by atoms with E-state index >= 15 is 0 Å². The van der Waals surface area contributed by atoms with Crippen LogP contribution in [-0.4, -0.2) is 48.8 Å². The first-order valence-electron chi connectivity index (χ1n) is 14.1. The van der Waals surface area contributed by atoms with Gasteiger partial charge in [0.1, 0.15) is 39.2 Å². The lowest BCUT2D eigenvalue weighted by atomic mass is 9.59. The number of H-pyrrole nitrogens is 1. The Kier molecular flexibility index (Phi) is 5.81. The fourth-order valence-corrected chi connectivity index (χ4v) is 6.60. The number of aromatic amines is 1. The van der Waals surface area contributed by atoms with Crippen LogP contribution in [-0.2, 0) is 0 Å². The van der Waals surface area contributed by atoms with Crippen LogP contribution in [0.15, 0.2) is 109 Å². The molecule has 0 spiro atoms. The van der Waals surface area contributed by atoms with Gasteiger partial charge in [0.25, 0.3) is 0 Å². The van der Waals surface area contributed by atoms with Crippen molar-refractivity contribution in [1.29, 1.82) is 0 Å². The fourth-order valence-electron chi connectivity index (χ4n) is 6.60. The molecule has 0 aliphatic rings. The molecular weight excluding hydrogens is 514 g/mol. The number of nitrogens with one attached hydrogen (secondary N) is 1. The largest absolute Gasteiger partial charge is 0.353 e. The molecule has 43 heavy (non-hydrogen) atoms. The summed E-state index contributed by atoms with van der Waals surface area (Å²) >= 11 is 0. The molecule has 7 heteroatoms. The number of rotatable bonds is 3. The highest BCUT2D eigenvalue weighted by Crippen LogP contribution is 2.42. The van der Waals surface area contributed by atoms with Crippen molar-refractivity contribution in [2.75, 3.05) is 0 Å². The first-order chi connectivity index (χ1) is 21.0. The Morgan fingerprint density at radius 2 is 1.09 bits per heavy atom. The standard InChI is InChI=1S/C36H19B5N2/c37-30-29(31(38)33(40)34(41)32(30)39)24-13-8-16-27(28(24)19-9-2-1-3-10-19)43-26-15-7-5-12-21(26)23-18-17-22-20-11-4-6-14-25(20)42-35(22)36(23)43/h1-18,42H. The van der Waals surface area contributed by atoms with Crippen LogP contribution >= 0.6 is 0 Å². The van der Waals surface area contributed by atoms with Gasteiger partial charge in [0, 0.05) is 32.6 Å². The van der Waals surface area contributed by atoms with Gasteiger partial charge in [0.15, 0.2) is 0 Å². The number of nitrogens with zero attached hydrogens (tertiary/aromatic N) is 1. The highest BCUT2D eigenvalue weighted by atomic mass is 15.0. The van der Waals surface area contributed by atoms with Gasteiger partial charge >= 0.3 is 0 Å². The number of benzene rings is 6. The topological polar surface area (TPSA) is 20.7 Å². The minimum Gasteiger partial charge on any atom is -0.353 e. The number of para-hydroxylation sites is 2. The Balaban J connectivity index is 1.58. The summed E-state index contributed by atoms with van der Waals surface area (Å²) in [5.41, 5.74) is 9.87. The highest BCUT2D eigenvalue weighted by Gasteiger charge is 2.23. The van der Waals surface area contributed by atoms with Crippen molar-refractivity contribution >= 4 is 110 Å². The first kappa shape index (κ1) is 25.9. The summed E-state index contributed by atoms with van der Waals surface area (Å²) in [5, 5.41) is 4.65. The smallest absolute Gasteiger partial charge is 0.113 e. The van der Waals surface area contributed by atoms with Crippen molar-refractivity contribution in [2.24, 2.45) is 0 Å². The molecule has 8 aromatic rings. The Hall–Kier alpha value is -4.76. The van der Waals surface area contributed by atoms with Crippen LogP contribution < -0.4 is 27.3 Å². The zero-order valence-electron chi connectivity index (χ0n) is 23.2. The molecule has 1 N–H and O–H groups in total. The summed E-state index contributed by atoms with van der Waals surface area (Å²) in [6.45, 7) is 0. The van der Waals surface area contributed by atoms with E-state index in [9.17, 15) is 0 Å². The molecule has 0 saturated carbocycles. The van der Waals surface area contributed by atoms with Crippen LogP contribution in [0.4, 0.5) is 0 Å². The van der Waals surface area contributed by atoms with Gasteiger partial charge in [-0.3, -0.25) is 0 Å². The average Bonchev–Trinajstić information content (AvgIpc) is 3.59. The monoisotopic (exact) mass is 534 g/mol. The zero-order valence-corrected chi connectivity index (χ0v) is 23.2. The molecule has 0 amide bonds. The lowest BCUT2D eigenvalue weighted by molar-refractivity contribution is 1.19. The normalized spacial score (nSPS) is 11.7. The predicted octanol–water partition coefficient (Wildman–Crippen LogP) is 3.72. The van der Waals surface area contributed by atoms with Gasteiger partial charge in [-0.25, -0.2) is 0 Å². The second kappa shape index (κ2) is 9.64. The van der Waals surface area contributed by atoms with E-state index in [0.717, 1.165) is 60.6 Å². The fraction of sp³-hybridized carbons (Fsp3) is 0. The van der Waals surface area contributed by atoms with Crippen LogP contribution in [0.5, 0.6) is 0 Å². The van der Waals surface area contributed by atoms with Gasteiger partial charge in [0.05, 0.1) is 22.2 Å². The minimum atomic E-state index is 0.194. The maximum atomic E-state index is 6.65. The van der Waals surface area contributed by atoms with E-state index in [-0.39, 0.29) is 16.4 Å². The summed E-state index contributed by atoms with van der Waals surface area (Å²) in [7, 11) is 32.2. The molecule has 0 fully saturated rings. The van der Waals surface area contributed by atoms with Gasteiger partial charge in [-0.1, -0.05) is 102 Å². The van der Waals surface area contributed by atoms with Crippen LogP contribution in [0.25, 0.3) is 71.6 Å². The van der Waals surface area contributed by atoms with Crippen molar-refractivity contribution in [3.05, 3.63) is 109 Å². The Labute approximate surface area is 256 Å². The maximum absolute atomic E-state index is 6.65. The number of hydrogen-bond donors (Lipinski definition) is 1. The van der Waals surface area contributed by atoms with Crippen LogP contribution in [0.1, 0.15) is 0 Å². The summed E-state index contributed by atoms with van der Waals surface area (Å²) < 4.78 is 2.34. The first-order valence-corrected chi connectivity index (χ1v) is 14.1. The molecular formula is C36H19B5N2. The van der Waals surface area contributed by atoms with E-state index in [1.54, 1.807) is 0 Å². The molecule has 6 aromatic carbocycles. The zero-order chi connectivity index (χ0) is 29.4. The Morgan fingerprint density at radius 3 is 1.86 bits per heavy atom. The SMILES string of the molecule is [B]c1c([B])c([B])c(-c2cccc(-n3c4ccccc4c4ccc5c6ccccc6[nH]c5c43)c2-c2ccccc2)c([B])c1[B]. The van der Waals surface area contributed by atoms with Gasteiger partial charge in [-0.2, -0.15) is 0 Å². The number of aromatic nitrogens is 2. The van der Waals surface area contributed by atoms with Crippen molar-refractivity contribution in [2.45, 2.75) is 0 Å². The Morgan fingerprint density at radius 1 is 0.465 bits per heavy atom. The Bertz CT molecular complexity index is 2370. The molecule has 2 aromatic heterocycles. The van der Waals surface area contributed by atoms with E-state index in [1.807, 2.05) is 30.3 Å². The summed E-state index contributed by atoms with van der Waals surface area (Å²) in [6.07, 6.45) is 0. The third-order valence-electron chi connectivity index (χ3n) is 8.63. The average molecular weight is 534 g/mol. The third-order valence-corrected chi connectivity index (χ3v) is 8.63. The van der Waals surface area contributed by atoms with Crippen molar-refractivity contribution in [1.82, 2.24) is 9.55 Å². The van der Waals surface area contributed by atoms with Crippen molar-refractivity contribution in [3.63, 3.8) is 0 Å². The number of hydrogen-bond acceptors (Lipinski definition) is 0. The highest BCUT2D eigenvalue weighted by molar-refractivity contribution is 6.68. The summed E-state index contributed by atoms with van der Waals surface area (Å²) in [6, 6.07) is 37.7. The molecule has 10 radical (unpaired) electrons. The molecule has 0 bridgehead atoms. The van der Waals surface area contributed by atoms with E-state index in [2.05, 4.69) is 88.4 Å². The second-order valence-electron chi connectivity index (χ2n) is 10.9. The molecule has 0 aliphatic heterocycles. The molecule has 2 heterocycles. The molecule has 2 nitrogen and oxygen atoms in total. The van der Waals surface area contributed by atoms with Gasteiger partial charge < -0.3 is 9.55 Å². The van der Waals surface area contributed by atoms with E-state index in [1.165, 1.54) is 5.39 Å². The van der Waals surface area contributed by atoms with Crippen LogP contribution in [0.3, 0.4) is 0 Å². The van der Waals surface area contributed by atoms with E-state index < -0.39 is 0 Å². The van der Waals surface area contributed by atoms with Crippen LogP contribution in [0.2, 0.25) is 0 Å².